The lowest BCUT2D eigenvalue weighted by Gasteiger charge is -2.35. The number of hydrogen-bond acceptors (Lipinski definition) is 9. The van der Waals surface area contributed by atoms with E-state index in [1.54, 1.807) is 23.2 Å². The molecule has 0 spiro atoms. The van der Waals surface area contributed by atoms with Crippen molar-refractivity contribution in [2.24, 2.45) is 0 Å². The van der Waals surface area contributed by atoms with Crippen LogP contribution in [0.15, 0.2) is 65.7 Å². The molecule has 2 aliphatic heterocycles. The van der Waals surface area contributed by atoms with E-state index in [0.717, 1.165) is 36.4 Å². The maximum absolute atomic E-state index is 12.7. The van der Waals surface area contributed by atoms with Crippen LogP contribution in [0, 0.1) is 0 Å². The van der Waals surface area contributed by atoms with Gasteiger partial charge in [-0.2, -0.15) is 4.98 Å². The number of amides is 2. The zero-order valence-electron chi connectivity index (χ0n) is 21.1. The number of hydrogen-bond donors (Lipinski definition) is 3. The third-order valence-corrected chi connectivity index (χ3v) is 7.66. The Morgan fingerprint density at radius 2 is 1.71 bits per heavy atom. The zero-order valence-corrected chi connectivity index (χ0v) is 21.9. The normalized spacial score (nSPS) is 18.2. The van der Waals surface area contributed by atoms with Gasteiger partial charge in [-0.3, -0.25) is 0 Å². The minimum absolute atomic E-state index is 0.0681. The lowest BCUT2D eigenvalue weighted by Crippen LogP contribution is -2.50. The smallest absolute Gasteiger partial charge is 0.321 e. The first-order valence-corrected chi connectivity index (χ1v) is 14.4. The number of carbonyl (C=O) groups excluding carboxylic acids is 1. The molecule has 0 bridgehead atoms. The molecule has 3 heterocycles. The van der Waals surface area contributed by atoms with Crippen LogP contribution in [0.3, 0.4) is 0 Å². The minimum Gasteiger partial charge on any atom is -0.371 e. The molecule has 200 valence electrons. The monoisotopic (exact) mass is 537 g/mol. The van der Waals surface area contributed by atoms with Gasteiger partial charge in [-0.15, -0.1) is 0 Å². The molecule has 3 N–H and O–H groups in total. The molecule has 38 heavy (non-hydrogen) atoms. The van der Waals surface area contributed by atoms with Crippen LogP contribution in [-0.4, -0.2) is 81.4 Å². The molecule has 2 amide bonds. The lowest BCUT2D eigenvalue weighted by atomic mass is 10.1. The number of rotatable bonds is 6. The number of carbonyl (C=O) groups is 1. The highest BCUT2D eigenvalue weighted by molar-refractivity contribution is 7.90. The Morgan fingerprint density at radius 1 is 1.00 bits per heavy atom. The Kier molecular flexibility index (Phi) is 7.72. The molecule has 1 unspecified atom stereocenters. The van der Waals surface area contributed by atoms with Crippen molar-refractivity contribution in [3.8, 4) is 0 Å². The predicted octanol–water partition coefficient (Wildman–Crippen LogP) is 2.64. The van der Waals surface area contributed by atoms with Crippen LogP contribution < -0.4 is 20.9 Å². The van der Waals surface area contributed by atoms with Crippen molar-refractivity contribution in [1.29, 1.82) is 0 Å². The molecule has 11 nitrogen and oxygen atoms in total. The molecular weight excluding hydrogens is 506 g/mol. The molecular formula is C26H31N7O4S. The molecule has 0 aliphatic carbocycles. The summed E-state index contributed by atoms with van der Waals surface area (Å²) in [5.74, 6) is 1.29. The second kappa shape index (κ2) is 11.3. The van der Waals surface area contributed by atoms with Gasteiger partial charge in [0.05, 0.1) is 17.6 Å². The Bertz CT molecular complexity index is 1350. The summed E-state index contributed by atoms with van der Waals surface area (Å²) in [6.45, 7) is 4.72. The maximum atomic E-state index is 12.7. The van der Waals surface area contributed by atoms with Crippen LogP contribution in [0.4, 0.5) is 27.9 Å². The number of anilines is 4. The standard InChI is InChI=1S/C26H31N7O4S/c1-38(35,36)22-8-6-21(7-9-22)30-26(34)33-15-13-32(14-16-33)24-10-11-28-25(31-24)29-20-4-2-19(3-5-20)23-18-27-12-17-37-23/h2-11,23,27H,12-18H2,1H3,(H,30,34)(H,28,29,31). The number of aromatic nitrogens is 2. The number of benzene rings is 2. The highest BCUT2D eigenvalue weighted by Crippen LogP contribution is 2.23. The fraction of sp³-hybridized carbons (Fsp3) is 0.346. The molecule has 2 fully saturated rings. The summed E-state index contributed by atoms with van der Waals surface area (Å²) in [6, 6.07) is 15.9. The number of sulfone groups is 1. The van der Waals surface area contributed by atoms with E-state index in [2.05, 4.69) is 30.8 Å². The molecule has 3 aromatic rings. The molecule has 0 saturated carbocycles. The van der Waals surface area contributed by atoms with Crippen molar-refractivity contribution in [2.45, 2.75) is 11.0 Å². The lowest BCUT2D eigenvalue weighted by molar-refractivity contribution is 0.0277. The highest BCUT2D eigenvalue weighted by atomic mass is 32.2. The van der Waals surface area contributed by atoms with E-state index in [1.807, 2.05) is 30.3 Å². The zero-order chi connectivity index (χ0) is 26.5. The van der Waals surface area contributed by atoms with Crippen LogP contribution in [0.1, 0.15) is 11.7 Å². The van der Waals surface area contributed by atoms with Gasteiger partial charge in [0.2, 0.25) is 5.95 Å². The van der Waals surface area contributed by atoms with Crippen LogP contribution >= 0.6 is 0 Å². The summed E-state index contributed by atoms with van der Waals surface area (Å²) < 4.78 is 29.1. The fourth-order valence-corrected chi connectivity index (χ4v) is 5.03. The van der Waals surface area contributed by atoms with Crippen molar-refractivity contribution in [3.05, 3.63) is 66.4 Å². The summed E-state index contributed by atoms with van der Waals surface area (Å²) >= 11 is 0. The van der Waals surface area contributed by atoms with Gasteiger partial charge in [0.25, 0.3) is 0 Å². The number of morpholine rings is 1. The molecule has 1 atom stereocenters. The number of nitrogens with one attached hydrogen (secondary N) is 3. The van der Waals surface area contributed by atoms with Crippen LogP contribution in [0.2, 0.25) is 0 Å². The van der Waals surface area contributed by atoms with Crippen LogP contribution in [0.25, 0.3) is 0 Å². The van der Waals surface area contributed by atoms with Gasteiger partial charge in [-0.05, 0) is 48.0 Å². The van der Waals surface area contributed by atoms with E-state index in [-0.39, 0.29) is 17.0 Å². The van der Waals surface area contributed by atoms with Crippen LogP contribution in [0.5, 0.6) is 0 Å². The molecule has 1 aromatic heterocycles. The Balaban J connectivity index is 1.14. The van der Waals surface area contributed by atoms with Gasteiger partial charge in [-0.1, -0.05) is 12.1 Å². The molecule has 12 heteroatoms. The molecule has 5 rings (SSSR count). The predicted molar refractivity (Wildman–Crippen MR) is 146 cm³/mol. The topological polar surface area (TPSA) is 129 Å². The summed E-state index contributed by atoms with van der Waals surface area (Å²) in [5, 5.41) is 9.44. The van der Waals surface area contributed by atoms with Gasteiger partial charge < -0.3 is 30.5 Å². The minimum atomic E-state index is -3.28. The Morgan fingerprint density at radius 3 is 2.37 bits per heavy atom. The number of piperazine rings is 1. The number of nitrogens with zero attached hydrogens (tertiary/aromatic N) is 4. The van der Waals surface area contributed by atoms with Crippen molar-refractivity contribution in [2.75, 3.05) is 67.7 Å². The summed E-state index contributed by atoms with van der Waals surface area (Å²) in [5.41, 5.74) is 2.57. The number of urea groups is 1. The maximum Gasteiger partial charge on any atom is 0.321 e. The van der Waals surface area contributed by atoms with E-state index in [9.17, 15) is 13.2 Å². The first-order valence-electron chi connectivity index (χ1n) is 12.5. The highest BCUT2D eigenvalue weighted by Gasteiger charge is 2.22. The van der Waals surface area contributed by atoms with E-state index in [1.165, 1.54) is 12.1 Å². The molecule has 2 saturated heterocycles. The van der Waals surface area contributed by atoms with Crippen molar-refractivity contribution in [3.63, 3.8) is 0 Å². The third kappa shape index (κ3) is 6.39. The van der Waals surface area contributed by atoms with Crippen molar-refractivity contribution >= 4 is 39.0 Å². The first kappa shape index (κ1) is 25.9. The second-order valence-electron chi connectivity index (χ2n) is 9.25. The Hall–Kier alpha value is -3.74. The molecule has 2 aromatic carbocycles. The van der Waals surface area contributed by atoms with Gasteiger partial charge >= 0.3 is 6.03 Å². The average molecular weight is 538 g/mol. The quantitative estimate of drug-likeness (QED) is 0.435. The van der Waals surface area contributed by atoms with E-state index >= 15 is 0 Å². The van der Waals surface area contributed by atoms with E-state index < -0.39 is 9.84 Å². The third-order valence-electron chi connectivity index (χ3n) is 6.53. The van der Waals surface area contributed by atoms with Gasteiger partial charge in [0.15, 0.2) is 9.84 Å². The SMILES string of the molecule is CS(=O)(=O)c1ccc(NC(=O)N2CCN(c3ccnc(Nc4ccc(C5CNCCO5)cc4)n3)CC2)cc1. The second-order valence-corrected chi connectivity index (χ2v) is 11.3. The average Bonchev–Trinajstić information content (AvgIpc) is 2.94. The van der Waals surface area contributed by atoms with Crippen LogP contribution in [-0.2, 0) is 14.6 Å². The van der Waals surface area contributed by atoms with Crippen molar-refractivity contribution < 1.29 is 17.9 Å². The largest absolute Gasteiger partial charge is 0.371 e. The van der Waals surface area contributed by atoms with Crippen molar-refractivity contribution in [1.82, 2.24) is 20.2 Å². The van der Waals surface area contributed by atoms with Gasteiger partial charge in [0, 0.05) is 63.1 Å². The summed E-state index contributed by atoms with van der Waals surface area (Å²) in [4.78, 5) is 25.8. The molecule has 0 radical (unpaired) electrons. The van der Waals surface area contributed by atoms with Gasteiger partial charge in [0.1, 0.15) is 5.82 Å². The number of ether oxygens (including phenoxy) is 1. The summed E-state index contributed by atoms with van der Waals surface area (Å²) in [7, 11) is -3.28. The van der Waals surface area contributed by atoms with E-state index in [0.29, 0.717) is 44.4 Å². The van der Waals surface area contributed by atoms with Gasteiger partial charge in [-0.25, -0.2) is 18.2 Å². The first-order chi connectivity index (χ1) is 18.3. The van der Waals surface area contributed by atoms with E-state index in [4.69, 9.17) is 4.74 Å². The summed E-state index contributed by atoms with van der Waals surface area (Å²) in [6.07, 6.45) is 2.94. The Labute approximate surface area is 222 Å². The fourth-order valence-electron chi connectivity index (χ4n) is 4.40. The molecule has 2 aliphatic rings.